The average molecular weight is 259 g/mol. The van der Waals surface area contributed by atoms with Crippen molar-refractivity contribution in [2.24, 2.45) is 5.73 Å². The third-order valence-corrected chi connectivity index (χ3v) is 2.58. The summed E-state index contributed by atoms with van der Waals surface area (Å²) in [5.74, 6) is 0. The van der Waals surface area contributed by atoms with E-state index in [0.717, 1.165) is 0 Å². The standard InChI is InChI=1S/C6H13NO8S/c7-3-5(10)4(9)2(1-8)14-6(3)15-16(11,12)13/h2-6,8-10H,1,7H2,(H,11,12,13)/t2?,3-,4-,5?,6-/m0/s1. The summed E-state index contributed by atoms with van der Waals surface area (Å²) in [6, 6.07) is -1.38. The van der Waals surface area contributed by atoms with Crippen molar-refractivity contribution >= 4 is 10.4 Å². The van der Waals surface area contributed by atoms with E-state index in [9.17, 15) is 18.6 Å². The topological polar surface area (TPSA) is 160 Å². The molecule has 1 heterocycles. The molecule has 1 aliphatic heterocycles. The Morgan fingerprint density at radius 1 is 1.31 bits per heavy atom. The molecule has 5 atom stereocenters. The molecule has 0 spiro atoms. The Kier molecular flexibility index (Phi) is 4.20. The maximum absolute atomic E-state index is 10.4. The van der Waals surface area contributed by atoms with Crippen LogP contribution >= 0.6 is 0 Å². The zero-order valence-corrected chi connectivity index (χ0v) is 8.82. The highest BCUT2D eigenvalue weighted by Gasteiger charge is 2.44. The Morgan fingerprint density at radius 3 is 2.31 bits per heavy atom. The predicted molar refractivity (Wildman–Crippen MR) is 48.4 cm³/mol. The van der Waals surface area contributed by atoms with Crippen molar-refractivity contribution in [2.75, 3.05) is 6.61 Å². The molecule has 0 amide bonds. The van der Waals surface area contributed by atoms with E-state index in [1.54, 1.807) is 0 Å². The van der Waals surface area contributed by atoms with Crippen LogP contribution in [0.2, 0.25) is 0 Å². The van der Waals surface area contributed by atoms with E-state index >= 15 is 0 Å². The molecule has 1 fully saturated rings. The second-order valence-corrected chi connectivity index (χ2v) is 4.36. The first-order valence-electron chi connectivity index (χ1n) is 4.30. The first kappa shape index (κ1) is 13.7. The van der Waals surface area contributed by atoms with Crippen molar-refractivity contribution in [3.8, 4) is 0 Å². The number of aliphatic hydroxyl groups is 3. The quantitative estimate of drug-likeness (QED) is 0.325. The van der Waals surface area contributed by atoms with E-state index in [4.69, 9.17) is 20.1 Å². The van der Waals surface area contributed by atoms with E-state index in [1.165, 1.54) is 0 Å². The van der Waals surface area contributed by atoms with Crippen LogP contribution in [0.15, 0.2) is 0 Å². The summed E-state index contributed by atoms with van der Waals surface area (Å²) < 4.78 is 38.0. The summed E-state index contributed by atoms with van der Waals surface area (Å²) in [6.07, 6.45) is -5.94. The number of ether oxygens (including phenoxy) is 1. The minimum Gasteiger partial charge on any atom is -0.394 e. The molecular weight excluding hydrogens is 246 g/mol. The lowest BCUT2D eigenvalue weighted by Crippen LogP contribution is -2.62. The normalized spacial score (nSPS) is 40.9. The third kappa shape index (κ3) is 3.09. The highest BCUT2D eigenvalue weighted by Crippen LogP contribution is 2.21. The average Bonchev–Trinajstić information content (AvgIpc) is 2.17. The lowest BCUT2D eigenvalue weighted by atomic mass is 9.98. The van der Waals surface area contributed by atoms with Gasteiger partial charge in [0.05, 0.1) is 12.6 Å². The van der Waals surface area contributed by atoms with Gasteiger partial charge in [-0.2, -0.15) is 8.42 Å². The molecular formula is C6H13NO8S. The largest absolute Gasteiger partial charge is 0.399 e. The Hall–Kier alpha value is -0.330. The molecule has 1 rings (SSSR count). The van der Waals surface area contributed by atoms with Crippen LogP contribution in [0.1, 0.15) is 0 Å². The van der Waals surface area contributed by atoms with Crippen molar-refractivity contribution in [3.63, 3.8) is 0 Å². The van der Waals surface area contributed by atoms with Crippen molar-refractivity contribution in [2.45, 2.75) is 30.6 Å². The Bertz CT molecular complexity index is 329. The zero-order chi connectivity index (χ0) is 12.5. The van der Waals surface area contributed by atoms with Gasteiger partial charge in [-0.05, 0) is 0 Å². The predicted octanol–water partition coefficient (Wildman–Crippen LogP) is -3.43. The van der Waals surface area contributed by atoms with Crippen LogP contribution in [-0.2, 0) is 19.3 Å². The van der Waals surface area contributed by atoms with E-state index in [-0.39, 0.29) is 0 Å². The summed E-state index contributed by atoms with van der Waals surface area (Å²) >= 11 is 0. The van der Waals surface area contributed by atoms with Gasteiger partial charge in [-0.15, -0.1) is 0 Å². The molecule has 6 N–H and O–H groups in total. The molecule has 0 aliphatic carbocycles. The molecule has 0 saturated carbocycles. The number of nitrogens with two attached hydrogens (primary N) is 1. The maximum atomic E-state index is 10.4. The maximum Gasteiger partial charge on any atom is 0.399 e. The second-order valence-electron chi connectivity index (χ2n) is 3.31. The summed E-state index contributed by atoms with van der Waals surface area (Å²) in [5, 5.41) is 27.5. The lowest BCUT2D eigenvalue weighted by Gasteiger charge is -2.39. The number of aliphatic hydroxyl groups excluding tert-OH is 3. The van der Waals surface area contributed by atoms with Crippen molar-refractivity contribution in [1.29, 1.82) is 0 Å². The molecule has 0 bridgehead atoms. The minimum atomic E-state index is -4.81. The van der Waals surface area contributed by atoms with Crippen LogP contribution < -0.4 is 5.73 Å². The van der Waals surface area contributed by atoms with E-state index in [1.807, 2.05) is 0 Å². The molecule has 1 aliphatic rings. The van der Waals surface area contributed by atoms with Gasteiger partial charge < -0.3 is 25.8 Å². The molecule has 2 unspecified atom stereocenters. The van der Waals surface area contributed by atoms with Crippen molar-refractivity contribution in [3.05, 3.63) is 0 Å². The second kappa shape index (κ2) is 4.89. The first-order chi connectivity index (χ1) is 7.26. The van der Waals surface area contributed by atoms with Crippen LogP contribution in [-0.4, -0.2) is 65.5 Å². The summed E-state index contributed by atoms with van der Waals surface area (Å²) in [6.45, 7) is -0.670. The van der Waals surface area contributed by atoms with Crippen LogP contribution in [0.4, 0.5) is 0 Å². The van der Waals surface area contributed by atoms with Gasteiger partial charge >= 0.3 is 10.4 Å². The molecule has 16 heavy (non-hydrogen) atoms. The highest BCUT2D eigenvalue weighted by molar-refractivity contribution is 7.80. The number of hydrogen-bond acceptors (Lipinski definition) is 8. The summed E-state index contributed by atoms with van der Waals surface area (Å²) in [7, 11) is -4.81. The minimum absolute atomic E-state index is 0.670. The Labute approximate surface area is 91.3 Å². The monoisotopic (exact) mass is 259 g/mol. The van der Waals surface area contributed by atoms with Gasteiger partial charge in [0.1, 0.15) is 18.3 Å². The van der Waals surface area contributed by atoms with Crippen LogP contribution in [0.25, 0.3) is 0 Å². The molecule has 0 aromatic rings. The van der Waals surface area contributed by atoms with E-state index in [2.05, 4.69) is 4.18 Å². The van der Waals surface area contributed by atoms with Gasteiger partial charge in [-0.1, -0.05) is 0 Å². The van der Waals surface area contributed by atoms with E-state index < -0.39 is 47.6 Å². The van der Waals surface area contributed by atoms with Gasteiger partial charge in [0.15, 0.2) is 6.29 Å². The zero-order valence-electron chi connectivity index (χ0n) is 8.00. The Balaban J connectivity index is 2.79. The smallest absolute Gasteiger partial charge is 0.394 e. The fourth-order valence-corrected chi connectivity index (χ4v) is 1.72. The van der Waals surface area contributed by atoms with Gasteiger partial charge in [0.25, 0.3) is 0 Å². The summed E-state index contributed by atoms with van der Waals surface area (Å²) in [4.78, 5) is 0. The highest BCUT2D eigenvalue weighted by atomic mass is 32.3. The third-order valence-electron chi connectivity index (χ3n) is 2.14. The van der Waals surface area contributed by atoms with Crippen LogP contribution in [0.5, 0.6) is 0 Å². The van der Waals surface area contributed by atoms with Gasteiger partial charge in [-0.25, -0.2) is 4.18 Å². The van der Waals surface area contributed by atoms with Crippen LogP contribution in [0.3, 0.4) is 0 Å². The number of rotatable bonds is 3. The molecule has 1 saturated heterocycles. The molecule has 0 aromatic heterocycles. The Morgan fingerprint density at radius 2 is 1.88 bits per heavy atom. The fourth-order valence-electron chi connectivity index (χ4n) is 1.31. The first-order valence-corrected chi connectivity index (χ1v) is 5.66. The number of hydrogen-bond donors (Lipinski definition) is 5. The van der Waals surface area contributed by atoms with E-state index in [0.29, 0.717) is 0 Å². The molecule has 0 radical (unpaired) electrons. The van der Waals surface area contributed by atoms with Gasteiger partial charge in [0.2, 0.25) is 0 Å². The van der Waals surface area contributed by atoms with Crippen molar-refractivity contribution < 1.29 is 37.2 Å². The van der Waals surface area contributed by atoms with Crippen molar-refractivity contribution in [1.82, 2.24) is 0 Å². The summed E-state index contributed by atoms with van der Waals surface area (Å²) in [5.41, 5.74) is 5.32. The molecule has 96 valence electrons. The molecule has 0 aromatic carbocycles. The van der Waals surface area contributed by atoms with Gasteiger partial charge in [0, 0.05) is 0 Å². The lowest BCUT2D eigenvalue weighted by molar-refractivity contribution is -0.239. The molecule has 9 nitrogen and oxygen atoms in total. The SMILES string of the molecule is N[C@H]1C(O)[C@@H](O)C(CO)O[C@H]1OS(=O)(=O)O. The fraction of sp³-hybridized carbons (Fsp3) is 1.00. The molecule has 10 heteroatoms. The van der Waals surface area contributed by atoms with Crippen LogP contribution in [0, 0.1) is 0 Å². The van der Waals surface area contributed by atoms with Gasteiger partial charge in [-0.3, -0.25) is 4.55 Å².